The van der Waals surface area contributed by atoms with Gasteiger partial charge in [-0.05, 0) is 35.8 Å². The molecule has 0 N–H and O–H groups in total. The molecule has 0 spiro atoms. The van der Waals surface area contributed by atoms with E-state index in [0.717, 1.165) is 16.6 Å². The Morgan fingerprint density at radius 1 is 1.12 bits per heavy atom. The van der Waals surface area contributed by atoms with Gasteiger partial charge in [0.2, 0.25) is 0 Å². The number of aromatic nitrogens is 6. The van der Waals surface area contributed by atoms with Crippen molar-refractivity contribution >= 4 is 37.9 Å². The second-order valence-electron chi connectivity index (χ2n) is 5.71. The van der Waals surface area contributed by atoms with E-state index in [-0.39, 0.29) is 12.1 Å². The number of hydrogen-bond donors (Lipinski definition) is 0. The molecule has 0 bridgehead atoms. The minimum Gasteiger partial charge on any atom is -0.314 e. The molecule has 7 nitrogen and oxygen atoms in total. The molecule has 126 valence electrons. The molecule has 0 aliphatic carbocycles. The van der Waals surface area contributed by atoms with Gasteiger partial charge < -0.3 is 4.57 Å². The zero-order valence-corrected chi connectivity index (χ0v) is 15.4. The maximum Gasteiger partial charge on any atom is 0.293 e. The predicted molar refractivity (Wildman–Crippen MR) is 98.5 cm³/mol. The summed E-state index contributed by atoms with van der Waals surface area (Å²) in [4.78, 5) is 26.2. The molecule has 4 aromatic rings. The van der Waals surface area contributed by atoms with Crippen molar-refractivity contribution in [1.82, 2.24) is 29.3 Å². The quantitative estimate of drug-likeness (QED) is 0.529. The van der Waals surface area contributed by atoms with E-state index in [4.69, 9.17) is 0 Å². The largest absolute Gasteiger partial charge is 0.314 e. The van der Waals surface area contributed by atoms with E-state index >= 15 is 0 Å². The normalized spacial score (nSPS) is 11.5. The van der Waals surface area contributed by atoms with Gasteiger partial charge in [-0.3, -0.25) is 4.79 Å². The lowest BCUT2D eigenvalue weighted by molar-refractivity contribution is 0.616. The number of nitrogens with zero attached hydrogens (tertiary/aromatic N) is 6. The number of para-hydroxylation sites is 1. The molecule has 3 heterocycles. The lowest BCUT2D eigenvalue weighted by Crippen LogP contribution is -2.25. The number of imidazole rings is 1. The summed E-state index contributed by atoms with van der Waals surface area (Å²) in [6.07, 6.45) is 1.60. The molecule has 8 heteroatoms. The van der Waals surface area contributed by atoms with Gasteiger partial charge >= 0.3 is 0 Å². The molecule has 0 aliphatic rings. The highest BCUT2D eigenvalue weighted by Gasteiger charge is 2.15. The Hall–Kier alpha value is -2.61. The van der Waals surface area contributed by atoms with Crippen LogP contribution in [0, 0.1) is 6.92 Å². The molecule has 1 aromatic carbocycles. The van der Waals surface area contributed by atoms with Gasteiger partial charge in [0, 0.05) is 17.6 Å². The first-order chi connectivity index (χ1) is 12.1. The van der Waals surface area contributed by atoms with Crippen LogP contribution in [0.1, 0.15) is 18.4 Å². The number of halogens is 1. The third-order valence-corrected chi connectivity index (χ3v) is 4.76. The maximum absolute atomic E-state index is 12.8. The Morgan fingerprint density at radius 3 is 2.72 bits per heavy atom. The fraction of sp³-hybridized carbons (Fsp3) is 0.235. The average Bonchev–Trinajstić information content (AvgIpc) is 2.93. The van der Waals surface area contributed by atoms with Crippen LogP contribution in [0.5, 0.6) is 0 Å². The van der Waals surface area contributed by atoms with Crippen molar-refractivity contribution in [2.24, 2.45) is 0 Å². The van der Waals surface area contributed by atoms with Crippen LogP contribution in [0.25, 0.3) is 21.9 Å². The van der Waals surface area contributed by atoms with Gasteiger partial charge in [0.05, 0.1) is 11.7 Å². The van der Waals surface area contributed by atoms with E-state index in [0.29, 0.717) is 28.1 Å². The van der Waals surface area contributed by atoms with Crippen LogP contribution in [0.3, 0.4) is 0 Å². The molecular formula is C17H15BrN6O. The van der Waals surface area contributed by atoms with E-state index in [2.05, 4.69) is 36.0 Å². The van der Waals surface area contributed by atoms with Crippen molar-refractivity contribution in [3.8, 4) is 0 Å². The van der Waals surface area contributed by atoms with Crippen molar-refractivity contribution in [1.29, 1.82) is 0 Å². The minimum absolute atomic E-state index is 0.202. The fourth-order valence-corrected chi connectivity index (χ4v) is 3.58. The van der Waals surface area contributed by atoms with E-state index in [9.17, 15) is 4.79 Å². The zero-order chi connectivity index (χ0) is 17.6. The molecule has 0 amide bonds. The number of hydrogen-bond acceptors (Lipinski definition) is 5. The topological polar surface area (TPSA) is 78.5 Å². The third-order valence-electron chi connectivity index (χ3n) is 4.15. The SMILES string of the molecule is CCn1c(Br)nc2cnn(Cc3nc(C)c4ccccc4n3)c(=O)c21. The maximum atomic E-state index is 12.8. The first kappa shape index (κ1) is 15.9. The van der Waals surface area contributed by atoms with E-state index in [1.54, 1.807) is 6.20 Å². The molecule has 0 fully saturated rings. The fourth-order valence-electron chi connectivity index (χ4n) is 2.96. The van der Waals surface area contributed by atoms with Crippen LogP contribution in [-0.2, 0) is 13.1 Å². The predicted octanol–water partition coefficient (Wildman–Crippen LogP) is 2.68. The third kappa shape index (κ3) is 2.62. The number of rotatable bonds is 3. The van der Waals surface area contributed by atoms with Crippen LogP contribution in [-0.4, -0.2) is 29.3 Å². The Balaban J connectivity index is 1.83. The van der Waals surface area contributed by atoms with Crippen LogP contribution < -0.4 is 5.56 Å². The van der Waals surface area contributed by atoms with Crippen molar-refractivity contribution in [2.45, 2.75) is 26.9 Å². The second kappa shape index (κ2) is 6.03. The molecule has 0 atom stereocenters. The summed E-state index contributed by atoms with van der Waals surface area (Å²) >= 11 is 3.38. The summed E-state index contributed by atoms with van der Waals surface area (Å²) in [6.45, 7) is 4.76. The highest BCUT2D eigenvalue weighted by molar-refractivity contribution is 9.10. The Morgan fingerprint density at radius 2 is 1.92 bits per heavy atom. The first-order valence-electron chi connectivity index (χ1n) is 7.92. The molecule has 0 saturated carbocycles. The van der Waals surface area contributed by atoms with Crippen molar-refractivity contribution in [2.75, 3.05) is 0 Å². The lowest BCUT2D eigenvalue weighted by atomic mass is 10.2. The lowest BCUT2D eigenvalue weighted by Gasteiger charge is -2.07. The Bertz CT molecular complexity index is 1160. The van der Waals surface area contributed by atoms with Gasteiger partial charge in [0.15, 0.2) is 10.6 Å². The molecule has 0 aliphatic heterocycles. The van der Waals surface area contributed by atoms with Gasteiger partial charge in [-0.15, -0.1) is 0 Å². The minimum atomic E-state index is -0.202. The molecule has 0 unspecified atom stereocenters. The molecule has 25 heavy (non-hydrogen) atoms. The van der Waals surface area contributed by atoms with Crippen molar-refractivity contribution < 1.29 is 0 Å². The summed E-state index contributed by atoms with van der Waals surface area (Å²) in [5, 5.41) is 5.24. The first-order valence-corrected chi connectivity index (χ1v) is 8.72. The number of fused-ring (bicyclic) bond motifs is 2. The van der Waals surface area contributed by atoms with Gasteiger partial charge in [0.25, 0.3) is 5.56 Å². The molecule has 0 radical (unpaired) electrons. The monoisotopic (exact) mass is 398 g/mol. The van der Waals surface area contributed by atoms with Gasteiger partial charge in [-0.2, -0.15) is 5.10 Å². The van der Waals surface area contributed by atoms with Crippen LogP contribution >= 0.6 is 15.9 Å². The molecule has 0 saturated heterocycles. The second-order valence-corrected chi connectivity index (χ2v) is 6.42. The molecular weight excluding hydrogens is 384 g/mol. The zero-order valence-electron chi connectivity index (χ0n) is 13.8. The standard InChI is InChI=1S/C17H15BrN6O/c1-3-23-15-13(22-17(23)18)8-19-24(16(15)25)9-14-20-10(2)11-6-4-5-7-12(11)21-14/h4-8H,3,9H2,1-2H3. The van der Waals surface area contributed by atoms with E-state index in [1.165, 1.54) is 4.68 Å². The Labute approximate surface area is 151 Å². The smallest absolute Gasteiger partial charge is 0.293 e. The van der Waals surface area contributed by atoms with Gasteiger partial charge in [-0.1, -0.05) is 18.2 Å². The van der Waals surface area contributed by atoms with Crippen molar-refractivity contribution in [3.05, 3.63) is 57.1 Å². The van der Waals surface area contributed by atoms with Crippen LogP contribution in [0.4, 0.5) is 0 Å². The summed E-state index contributed by atoms with van der Waals surface area (Å²) in [5.74, 6) is 0.562. The summed E-state index contributed by atoms with van der Waals surface area (Å²) in [6, 6.07) is 7.83. The van der Waals surface area contributed by atoms with Gasteiger partial charge in [0.1, 0.15) is 17.6 Å². The van der Waals surface area contributed by atoms with E-state index in [1.807, 2.05) is 42.7 Å². The summed E-state index contributed by atoms with van der Waals surface area (Å²) in [7, 11) is 0. The number of benzene rings is 1. The van der Waals surface area contributed by atoms with Gasteiger partial charge in [-0.25, -0.2) is 19.6 Å². The highest BCUT2D eigenvalue weighted by atomic mass is 79.9. The summed E-state index contributed by atoms with van der Waals surface area (Å²) in [5.41, 5.74) is 2.65. The Kier molecular flexibility index (Phi) is 3.84. The average molecular weight is 399 g/mol. The van der Waals surface area contributed by atoms with Crippen LogP contribution in [0.2, 0.25) is 0 Å². The van der Waals surface area contributed by atoms with E-state index < -0.39 is 0 Å². The highest BCUT2D eigenvalue weighted by Crippen LogP contribution is 2.17. The molecule has 4 rings (SSSR count). The summed E-state index contributed by atoms with van der Waals surface area (Å²) < 4.78 is 3.83. The number of aryl methyl sites for hydroxylation is 2. The van der Waals surface area contributed by atoms with Crippen molar-refractivity contribution in [3.63, 3.8) is 0 Å². The van der Waals surface area contributed by atoms with Crippen LogP contribution in [0.15, 0.2) is 40.0 Å². The molecule has 3 aromatic heterocycles.